The Labute approximate surface area is 606 Å². The molecule has 20 nitrogen and oxygen atoms in total. The topological polar surface area (TPSA) is 268 Å². The van der Waals surface area contributed by atoms with Gasteiger partial charge < -0.3 is 75.8 Å². The maximum absolute atomic E-state index is 11.8. The van der Waals surface area contributed by atoms with Crippen molar-refractivity contribution in [3.05, 3.63) is 210 Å². The van der Waals surface area contributed by atoms with E-state index in [-0.39, 0.29) is 78.1 Å². The summed E-state index contributed by atoms with van der Waals surface area (Å²) >= 11 is -1.64. The number of ether oxygens (including phenoxy) is 4. The molecule has 5 fully saturated rings. The third kappa shape index (κ3) is 15.8. The van der Waals surface area contributed by atoms with Crippen LogP contribution in [0.4, 0.5) is 45.5 Å². The number of halogens is 2. The zero-order valence-electron chi connectivity index (χ0n) is 54.2. The second-order valence-electron chi connectivity index (χ2n) is 25.0. The first-order chi connectivity index (χ1) is 47.2. The molecule has 8 aromatic rings. The molecule has 1 saturated heterocycles. The van der Waals surface area contributed by atoms with Gasteiger partial charge in [-0.15, -0.1) is 0 Å². The fourth-order valence-electron chi connectivity index (χ4n) is 14.7. The molecule has 98 heavy (non-hydrogen) atoms. The molecule has 5 aliphatic heterocycles. The summed E-state index contributed by atoms with van der Waals surface area (Å²) in [6.45, 7) is 2.15. The summed E-state index contributed by atoms with van der Waals surface area (Å²) in [5.41, 5.74) is 27.6. The quantitative estimate of drug-likeness (QED) is 0.0360. The fraction of sp³-hybridized carbons (Fsp3) is 0.342. The number of benzene rings is 8. The predicted octanol–water partition coefficient (Wildman–Crippen LogP) is 13.6. The molecule has 5 heterocycles. The number of fused-ring (bicyclic) bond motifs is 9. The monoisotopic (exact) mass is 1410 g/mol. The van der Waals surface area contributed by atoms with Crippen LogP contribution in [0.5, 0.6) is 46.0 Å². The van der Waals surface area contributed by atoms with Gasteiger partial charge >= 0.3 is 40.9 Å². The van der Waals surface area contributed by atoms with Crippen LogP contribution in [0.1, 0.15) is 84.0 Å². The van der Waals surface area contributed by atoms with Gasteiger partial charge in [0.25, 0.3) is 0 Å². The van der Waals surface area contributed by atoms with Crippen molar-refractivity contribution in [1.82, 2.24) is 0 Å². The Balaban J connectivity index is 0.000000128. The molecule has 6 N–H and O–H groups in total. The summed E-state index contributed by atoms with van der Waals surface area (Å²) in [4.78, 5) is 10.4. The van der Waals surface area contributed by atoms with E-state index < -0.39 is 38.9 Å². The predicted molar refractivity (Wildman–Crippen MR) is 380 cm³/mol. The van der Waals surface area contributed by atoms with Crippen LogP contribution in [-0.2, 0) is 29.0 Å². The number of rotatable bonds is 4. The van der Waals surface area contributed by atoms with Crippen molar-refractivity contribution in [3.63, 3.8) is 0 Å². The van der Waals surface area contributed by atoms with Gasteiger partial charge in [0.2, 0.25) is 9.23 Å². The summed E-state index contributed by atoms with van der Waals surface area (Å²) in [7, 11) is 7.36. The van der Waals surface area contributed by atoms with E-state index in [1.54, 1.807) is 0 Å². The fourth-order valence-corrected chi connectivity index (χ4v) is 15.6. The number of aliphatic hydroxyl groups excluding tert-OH is 4. The standard InChI is InChI=1S/C19H21NO2.C18H20N2O2.C18H17NO4S.C18H19NO3.Cl2OS.N3.Na/c1-13-7-6-10-16(19(13)21)20-14-8-2-4-11-17(14)22-18-12-5-3-9-15(18)20;19-12-6-5-9-15(18(12)21)20-13-7-1-3-10-16(13)22-17-11-4-2-8-14(17)20;20-24-22-17-11-5-8-14(18(17)23-24)19-12-6-1-3-9-15(12)21-16-10-4-2-7-13(16)19;20-15-9-5-8-14(18(15)21)19-12-6-1-3-10-16(12)22-17-11-4-2-7-13(17)19;1-4(2)3;1-3-2;/h2-5,8-9,11-13,16,19,21H,6-7,10H2,1H3;1-4,7-8,10-12,15,18,21H,5-6,9,19H2;1-4,6-7,9-10,14,17-18H,5,8,11H2;1-4,6-7,10-11,14-15,18,20-21H,5,8-9H2;;;/q;;;;;-1;+1/t13-,16+,19+;12-,15+,18+;14-,17?,18?,24?;14-,15-,18+;;;/m0011.../s1. The van der Waals surface area contributed by atoms with Crippen LogP contribution < -0.4 is 73.8 Å². The largest absolute Gasteiger partial charge is 1.00 e. The average Bonchev–Trinajstić information content (AvgIpc) is 0.807. The minimum absolute atomic E-state index is 0. The summed E-state index contributed by atoms with van der Waals surface area (Å²) in [6.07, 6.45) is 8.83. The Hall–Kier alpha value is -6.93. The van der Waals surface area contributed by atoms with Gasteiger partial charge in [0, 0.05) is 27.4 Å². The number of para-hydroxylation sites is 16. The van der Waals surface area contributed by atoms with Crippen molar-refractivity contribution >= 4 is 87.5 Å². The van der Waals surface area contributed by atoms with Gasteiger partial charge in [-0.1, -0.05) is 110 Å². The van der Waals surface area contributed by atoms with Gasteiger partial charge in [-0.25, -0.2) is 4.21 Å². The zero-order valence-corrected chi connectivity index (χ0v) is 59.4. The van der Waals surface area contributed by atoms with E-state index in [2.05, 4.69) is 72.2 Å². The second-order valence-corrected chi connectivity index (χ2v) is 28.3. The summed E-state index contributed by atoms with van der Waals surface area (Å²) < 4.78 is 56.0. The third-order valence-corrected chi connectivity index (χ3v) is 19.9. The van der Waals surface area contributed by atoms with Crippen molar-refractivity contribution in [2.24, 2.45) is 11.7 Å². The number of aliphatic hydroxyl groups is 4. The Bertz CT molecular complexity index is 3640. The molecule has 4 aliphatic carbocycles. The second kappa shape index (κ2) is 33.5. The van der Waals surface area contributed by atoms with E-state index in [1.807, 2.05) is 170 Å². The minimum atomic E-state index is -1.67. The first-order valence-electron chi connectivity index (χ1n) is 32.8. The average molecular weight is 1420 g/mol. The molecule has 13 atom stereocenters. The van der Waals surface area contributed by atoms with Crippen LogP contribution in [0.3, 0.4) is 0 Å². The molecule has 0 radical (unpaired) electrons. The zero-order chi connectivity index (χ0) is 67.7. The number of nitrogens with two attached hydrogens (primary N) is 1. The molecule has 0 amide bonds. The summed E-state index contributed by atoms with van der Waals surface area (Å²) in [5.74, 6) is 6.96. The van der Waals surface area contributed by atoms with Crippen molar-refractivity contribution in [2.75, 3.05) is 19.6 Å². The van der Waals surface area contributed by atoms with Gasteiger partial charge in [-0.3, -0.25) is 13.3 Å². The van der Waals surface area contributed by atoms with Gasteiger partial charge in [0.05, 0.1) is 88.0 Å². The van der Waals surface area contributed by atoms with E-state index in [4.69, 9.17) is 48.3 Å². The molecule has 8 aromatic carbocycles. The van der Waals surface area contributed by atoms with Gasteiger partial charge in [-0.05, 0) is 174 Å². The SMILES string of the molecule is C[C@H]1CCC[C@@H](N2c3ccccc3Oc3ccccc32)[C@@H]1O.N[C@H]1CCC[C@@H](N2c3ccccc3Oc3ccccc32)[C@@H]1O.O=S(Cl)Cl.O=S1OC2CCC[C@@H](N3c4ccccc4Oc4ccccc43)C2O1.O[C@@H]1[C@H](O)CCC[C@H]1N1c2ccccc2Oc2ccccc21.[N-]=[N+]=[N-].[Na+]. The van der Waals surface area contributed by atoms with Crippen LogP contribution in [-0.4, -0.2) is 95.7 Å². The Morgan fingerprint density at radius 1 is 0.429 bits per heavy atom. The van der Waals surface area contributed by atoms with Gasteiger partial charge in [0.15, 0.2) is 46.0 Å². The maximum atomic E-state index is 11.8. The van der Waals surface area contributed by atoms with Crippen LogP contribution >= 0.6 is 21.4 Å². The van der Waals surface area contributed by atoms with Gasteiger partial charge in [0.1, 0.15) is 18.3 Å². The van der Waals surface area contributed by atoms with Crippen LogP contribution in [0.25, 0.3) is 16.0 Å². The molecule has 9 aliphatic rings. The Morgan fingerprint density at radius 2 is 0.694 bits per heavy atom. The van der Waals surface area contributed by atoms with Crippen LogP contribution in [0.2, 0.25) is 0 Å². The molecular formula is C73H77Cl2N8NaO12S2. The first kappa shape index (κ1) is 72.3. The molecule has 0 bridgehead atoms. The smallest absolute Gasteiger partial charge is 0.453 e. The third-order valence-electron chi connectivity index (χ3n) is 19.1. The summed E-state index contributed by atoms with van der Waals surface area (Å²) in [5, 5.41) is 42.0. The first-order valence-corrected chi connectivity index (χ1v) is 36.6. The number of hydrogen-bond donors (Lipinski definition) is 5. The number of nitrogens with zero attached hydrogens (tertiary/aromatic N) is 7. The normalized spacial score (nSPS) is 26.1. The number of hydrogen-bond acceptors (Lipinski definition) is 17. The van der Waals surface area contributed by atoms with Crippen LogP contribution in [0.15, 0.2) is 194 Å². The molecule has 4 saturated carbocycles. The molecule has 17 rings (SSSR count). The molecule has 25 heteroatoms. The van der Waals surface area contributed by atoms with E-state index >= 15 is 0 Å². The van der Waals surface area contributed by atoms with Crippen molar-refractivity contribution in [3.8, 4) is 46.0 Å². The van der Waals surface area contributed by atoms with E-state index in [1.165, 1.54) is 4.91 Å². The Morgan fingerprint density at radius 3 is 1.04 bits per heavy atom. The maximum Gasteiger partial charge on any atom is 1.00 e. The molecule has 508 valence electrons. The Kier molecular flexibility index (Phi) is 24.7. The molecule has 3 unspecified atom stereocenters. The molecular weight excluding hydrogens is 1340 g/mol. The molecule has 0 aromatic heterocycles. The van der Waals surface area contributed by atoms with Gasteiger partial charge in [-0.2, -0.15) is 4.21 Å². The number of anilines is 8. The van der Waals surface area contributed by atoms with E-state index in [0.29, 0.717) is 12.3 Å². The van der Waals surface area contributed by atoms with E-state index in [0.717, 1.165) is 162 Å². The summed E-state index contributed by atoms with van der Waals surface area (Å²) in [6, 6.07) is 63.7. The van der Waals surface area contributed by atoms with Crippen LogP contribution in [0, 0.1) is 5.92 Å². The minimum Gasteiger partial charge on any atom is -0.453 e. The van der Waals surface area contributed by atoms with Crippen molar-refractivity contribution in [2.45, 2.75) is 151 Å². The van der Waals surface area contributed by atoms with E-state index in [9.17, 15) is 24.6 Å². The molecule has 0 spiro atoms. The van der Waals surface area contributed by atoms with Crippen molar-refractivity contribution in [1.29, 1.82) is 0 Å². The van der Waals surface area contributed by atoms with Crippen molar-refractivity contribution < 1.29 is 85.7 Å².